The highest BCUT2D eigenvalue weighted by Crippen LogP contribution is 2.33. The highest BCUT2D eigenvalue weighted by atomic mass is 16.6. The Morgan fingerprint density at radius 3 is 2.44 bits per heavy atom. The molecule has 0 aliphatic rings. The van der Waals surface area contributed by atoms with E-state index in [4.69, 9.17) is 0 Å². The van der Waals surface area contributed by atoms with E-state index in [0.29, 0.717) is 17.7 Å². The van der Waals surface area contributed by atoms with Crippen molar-refractivity contribution in [2.75, 3.05) is 0 Å². The lowest BCUT2D eigenvalue weighted by Gasteiger charge is -2.06. The number of para-hydroxylation sites is 1. The largest absolute Gasteiger partial charge is 0.303 e. The fourth-order valence-corrected chi connectivity index (χ4v) is 3.05. The summed E-state index contributed by atoms with van der Waals surface area (Å²) >= 11 is 0. The summed E-state index contributed by atoms with van der Waals surface area (Å²) in [7, 11) is 0. The van der Waals surface area contributed by atoms with Gasteiger partial charge in [0.15, 0.2) is 0 Å². The van der Waals surface area contributed by atoms with E-state index in [1.165, 1.54) is 6.07 Å². The summed E-state index contributed by atoms with van der Waals surface area (Å²) in [6.07, 6.45) is 2.59. The summed E-state index contributed by atoms with van der Waals surface area (Å²) in [4.78, 5) is 15.8. The number of pyridine rings is 1. The van der Waals surface area contributed by atoms with Gasteiger partial charge in [0.2, 0.25) is 0 Å². The third-order valence-corrected chi connectivity index (χ3v) is 4.20. The van der Waals surface area contributed by atoms with Gasteiger partial charge in [0.05, 0.1) is 21.9 Å². The number of benzene rings is 2. The first kappa shape index (κ1) is 15.1. The van der Waals surface area contributed by atoms with Crippen molar-refractivity contribution >= 4 is 11.3 Å². The second kappa shape index (κ2) is 6.20. The van der Waals surface area contributed by atoms with E-state index >= 15 is 0 Å². The van der Waals surface area contributed by atoms with Crippen molar-refractivity contribution in [1.82, 2.24) is 9.38 Å². The van der Waals surface area contributed by atoms with Crippen LogP contribution in [0.4, 0.5) is 5.69 Å². The third-order valence-electron chi connectivity index (χ3n) is 4.20. The second-order valence-electron chi connectivity index (χ2n) is 5.77. The molecular formula is C20H15N3O2. The molecule has 25 heavy (non-hydrogen) atoms. The van der Waals surface area contributed by atoms with Gasteiger partial charge in [-0.3, -0.25) is 10.1 Å². The monoisotopic (exact) mass is 329 g/mol. The Bertz CT molecular complexity index is 1050. The highest BCUT2D eigenvalue weighted by molar-refractivity contribution is 5.75. The topological polar surface area (TPSA) is 60.4 Å². The maximum atomic E-state index is 11.5. The average molecular weight is 329 g/mol. The van der Waals surface area contributed by atoms with Gasteiger partial charge in [-0.25, -0.2) is 4.98 Å². The van der Waals surface area contributed by atoms with Crippen molar-refractivity contribution in [3.8, 4) is 11.3 Å². The second-order valence-corrected chi connectivity index (χ2v) is 5.77. The standard InChI is InChI=1S/C20H15N3O2/c24-23(25)17-11-5-4-10-16(17)20-18(14-15-8-2-1-3-9-15)22-13-7-6-12-19(22)21-20/h1-13H,14H2. The Morgan fingerprint density at radius 1 is 0.920 bits per heavy atom. The van der Waals surface area contributed by atoms with Crippen molar-refractivity contribution in [2.45, 2.75) is 6.42 Å². The van der Waals surface area contributed by atoms with Gasteiger partial charge in [-0.1, -0.05) is 48.5 Å². The fraction of sp³-hybridized carbons (Fsp3) is 0.0500. The highest BCUT2D eigenvalue weighted by Gasteiger charge is 2.21. The zero-order valence-corrected chi connectivity index (χ0v) is 13.4. The molecule has 0 N–H and O–H groups in total. The molecule has 5 heteroatoms. The number of hydrogen-bond acceptors (Lipinski definition) is 3. The first-order chi connectivity index (χ1) is 12.2. The number of hydrogen-bond donors (Lipinski definition) is 0. The normalized spacial score (nSPS) is 10.9. The summed E-state index contributed by atoms with van der Waals surface area (Å²) < 4.78 is 2.00. The van der Waals surface area contributed by atoms with Crippen molar-refractivity contribution in [2.24, 2.45) is 0 Å². The lowest BCUT2D eigenvalue weighted by molar-refractivity contribution is -0.384. The van der Waals surface area contributed by atoms with Crippen LogP contribution in [0.15, 0.2) is 79.0 Å². The van der Waals surface area contributed by atoms with Crippen LogP contribution in [0.5, 0.6) is 0 Å². The summed E-state index contributed by atoms with van der Waals surface area (Å²) in [5.41, 5.74) is 4.12. The van der Waals surface area contributed by atoms with E-state index in [9.17, 15) is 10.1 Å². The molecule has 0 unspecified atom stereocenters. The van der Waals surface area contributed by atoms with E-state index in [1.54, 1.807) is 18.2 Å². The van der Waals surface area contributed by atoms with Gasteiger partial charge in [-0.2, -0.15) is 0 Å². The molecule has 4 aromatic rings. The summed E-state index contributed by atoms with van der Waals surface area (Å²) in [6, 6.07) is 22.6. The summed E-state index contributed by atoms with van der Waals surface area (Å²) in [5.74, 6) is 0. The van der Waals surface area contributed by atoms with E-state index in [1.807, 2.05) is 59.1 Å². The average Bonchev–Trinajstić information content (AvgIpc) is 3.01. The van der Waals surface area contributed by atoms with Crippen LogP contribution < -0.4 is 0 Å². The molecule has 0 saturated carbocycles. The van der Waals surface area contributed by atoms with Crippen LogP contribution in [-0.2, 0) is 6.42 Å². The lowest BCUT2D eigenvalue weighted by atomic mass is 10.0. The van der Waals surface area contributed by atoms with Crippen LogP contribution in [0.3, 0.4) is 0 Å². The Balaban J connectivity index is 1.95. The number of nitrogens with zero attached hydrogens (tertiary/aromatic N) is 3. The molecular weight excluding hydrogens is 314 g/mol. The molecule has 0 radical (unpaired) electrons. The number of aromatic nitrogens is 2. The van der Waals surface area contributed by atoms with Crippen molar-refractivity contribution < 1.29 is 4.92 Å². The van der Waals surface area contributed by atoms with Crippen LogP contribution in [0, 0.1) is 10.1 Å². The van der Waals surface area contributed by atoms with Crippen LogP contribution in [0.1, 0.15) is 11.3 Å². The van der Waals surface area contributed by atoms with Crippen molar-refractivity contribution in [3.05, 3.63) is 100 Å². The Labute approximate surface area is 144 Å². The molecule has 2 aromatic carbocycles. The molecule has 0 amide bonds. The van der Waals surface area contributed by atoms with E-state index < -0.39 is 0 Å². The quantitative estimate of drug-likeness (QED) is 0.409. The van der Waals surface area contributed by atoms with Gasteiger partial charge in [0, 0.05) is 18.7 Å². The zero-order chi connectivity index (χ0) is 17.2. The molecule has 122 valence electrons. The molecule has 2 aromatic heterocycles. The van der Waals surface area contributed by atoms with E-state index in [0.717, 1.165) is 16.9 Å². The van der Waals surface area contributed by atoms with Gasteiger partial charge < -0.3 is 4.40 Å². The third kappa shape index (κ3) is 2.76. The Kier molecular flexibility index (Phi) is 3.74. The predicted molar refractivity (Wildman–Crippen MR) is 96.5 cm³/mol. The Hall–Kier alpha value is -3.47. The minimum absolute atomic E-state index is 0.0696. The molecule has 0 bridgehead atoms. The molecule has 0 aliphatic carbocycles. The molecule has 4 rings (SSSR count). The van der Waals surface area contributed by atoms with Crippen LogP contribution in [0.25, 0.3) is 16.9 Å². The number of imidazole rings is 1. The number of nitro groups is 1. The van der Waals surface area contributed by atoms with Crippen LogP contribution in [0.2, 0.25) is 0 Å². The van der Waals surface area contributed by atoms with Gasteiger partial charge in [-0.05, 0) is 23.8 Å². The molecule has 5 nitrogen and oxygen atoms in total. The Morgan fingerprint density at radius 2 is 1.64 bits per heavy atom. The molecule has 0 atom stereocenters. The van der Waals surface area contributed by atoms with Crippen LogP contribution in [-0.4, -0.2) is 14.3 Å². The SMILES string of the molecule is O=[N+]([O-])c1ccccc1-c1nc2ccccn2c1Cc1ccccc1. The van der Waals surface area contributed by atoms with Gasteiger partial charge in [0.1, 0.15) is 5.65 Å². The van der Waals surface area contributed by atoms with Gasteiger partial charge in [-0.15, -0.1) is 0 Å². The number of rotatable bonds is 4. The predicted octanol–water partition coefficient (Wildman–Crippen LogP) is 4.50. The van der Waals surface area contributed by atoms with Crippen LogP contribution >= 0.6 is 0 Å². The van der Waals surface area contributed by atoms with Gasteiger partial charge in [0.25, 0.3) is 5.69 Å². The first-order valence-corrected chi connectivity index (χ1v) is 7.98. The maximum absolute atomic E-state index is 11.5. The summed E-state index contributed by atoms with van der Waals surface area (Å²) in [5, 5.41) is 11.5. The molecule has 0 aliphatic heterocycles. The smallest absolute Gasteiger partial charge is 0.278 e. The molecule has 0 spiro atoms. The molecule has 0 saturated heterocycles. The van der Waals surface area contributed by atoms with E-state index in [-0.39, 0.29) is 10.6 Å². The minimum Gasteiger partial charge on any atom is -0.303 e. The first-order valence-electron chi connectivity index (χ1n) is 7.98. The van der Waals surface area contributed by atoms with E-state index in [2.05, 4.69) is 4.98 Å². The minimum atomic E-state index is -0.356. The zero-order valence-electron chi connectivity index (χ0n) is 13.4. The lowest BCUT2D eigenvalue weighted by Crippen LogP contribution is -1.98. The fourth-order valence-electron chi connectivity index (χ4n) is 3.05. The molecule has 2 heterocycles. The maximum Gasteiger partial charge on any atom is 0.278 e. The van der Waals surface area contributed by atoms with Gasteiger partial charge >= 0.3 is 0 Å². The van der Waals surface area contributed by atoms with Crippen molar-refractivity contribution in [1.29, 1.82) is 0 Å². The summed E-state index contributed by atoms with van der Waals surface area (Å²) in [6.45, 7) is 0. The van der Waals surface area contributed by atoms with Crippen molar-refractivity contribution in [3.63, 3.8) is 0 Å². The number of nitro benzene ring substituents is 1. The molecule has 0 fully saturated rings. The number of fused-ring (bicyclic) bond motifs is 1.